The number of benzene rings is 2. The van der Waals surface area contributed by atoms with Gasteiger partial charge >= 0.3 is 0 Å². The Kier molecular flexibility index (Phi) is 2.65. The van der Waals surface area contributed by atoms with Crippen LogP contribution in [0.4, 0.5) is 11.4 Å². The van der Waals surface area contributed by atoms with Crippen molar-refractivity contribution in [2.75, 3.05) is 10.6 Å². The van der Waals surface area contributed by atoms with Gasteiger partial charge in [0.05, 0.1) is 22.5 Å². The molecule has 4 nitrogen and oxygen atoms in total. The molecule has 2 aliphatic rings. The Morgan fingerprint density at radius 3 is 2.76 bits per heavy atom. The topological polar surface area (TPSA) is 50.4 Å². The molecule has 0 saturated heterocycles. The van der Waals surface area contributed by atoms with E-state index in [9.17, 15) is 4.79 Å². The Bertz CT molecular complexity index is 786. The third-order valence-electron chi connectivity index (χ3n) is 3.57. The SMILES string of the molecule is O=C1C2=CNc3ccccc3N[C@@H]2Oc2ccc(Cl)cc21. The van der Waals surface area contributed by atoms with Crippen molar-refractivity contribution in [2.45, 2.75) is 6.23 Å². The van der Waals surface area contributed by atoms with Crippen molar-refractivity contribution < 1.29 is 9.53 Å². The molecule has 0 saturated carbocycles. The zero-order valence-corrected chi connectivity index (χ0v) is 11.6. The van der Waals surface area contributed by atoms with Crippen molar-refractivity contribution in [2.24, 2.45) is 0 Å². The van der Waals surface area contributed by atoms with E-state index in [1.807, 2.05) is 24.3 Å². The maximum Gasteiger partial charge on any atom is 0.201 e. The summed E-state index contributed by atoms with van der Waals surface area (Å²) in [7, 11) is 0. The quantitative estimate of drug-likeness (QED) is 0.779. The first kappa shape index (κ1) is 12.3. The molecule has 0 radical (unpaired) electrons. The molecular formula is C16H11ClN2O2. The molecule has 0 spiro atoms. The van der Waals surface area contributed by atoms with Crippen LogP contribution in [0.3, 0.4) is 0 Å². The van der Waals surface area contributed by atoms with Gasteiger partial charge in [0.15, 0.2) is 5.78 Å². The molecule has 2 aromatic carbocycles. The van der Waals surface area contributed by atoms with Crippen LogP contribution in [0.25, 0.3) is 0 Å². The largest absolute Gasteiger partial charge is 0.466 e. The molecule has 104 valence electrons. The fraction of sp³-hybridized carbons (Fsp3) is 0.0625. The molecule has 0 amide bonds. The van der Waals surface area contributed by atoms with E-state index in [2.05, 4.69) is 10.6 Å². The molecule has 2 N–H and O–H groups in total. The van der Waals surface area contributed by atoms with Gasteiger partial charge in [-0.2, -0.15) is 0 Å². The molecule has 21 heavy (non-hydrogen) atoms. The molecule has 1 atom stereocenters. The Morgan fingerprint density at radius 1 is 1.10 bits per heavy atom. The lowest BCUT2D eigenvalue weighted by Crippen LogP contribution is -2.36. The number of ketones is 1. The van der Waals surface area contributed by atoms with Gasteiger partial charge in [0.2, 0.25) is 6.23 Å². The van der Waals surface area contributed by atoms with Gasteiger partial charge in [0.25, 0.3) is 0 Å². The molecule has 2 heterocycles. The van der Waals surface area contributed by atoms with Crippen LogP contribution in [-0.2, 0) is 0 Å². The van der Waals surface area contributed by atoms with Crippen molar-refractivity contribution in [3.63, 3.8) is 0 Å². The van der Waals surface area contributed by atoms with Crippen molar-refractivity contribution in [1.29, 1.82) is 0 Å². The number of nitrogens with one attached hydrogen (secondary N) is 2. The number of carbonyl (C=O) groups excluding carboxylic acids is 1. The second-order valence-electron chi connectivity index (χ2n) is 4.90. The summed E-state index contributed by atoms with van der Waals surface area (Å²) in [4.78, 5) is 12.6. The van der Waals surface area contributed by atoms with Gasteiger partial charge in [-0.1, -0.05) is 23.7 Å². The number of hydrogen-bond donors (Lipinski definition) is 2. The number of Topliss-reactive ketones (excluding diaryl/α,β-unsaturated/α-hetero) is 1. The second kappa shape index (κ2) is 4.53. The third-order valence-corrected chi connectivity index (χ3v) is 3.81. The van der Waals surface area contributed by atoms with Gasteiger partial charge in [-0.05, 0) is 30.3 Å². The number of halogens is 1. The average Bonchev–Trinajstić information content (AvgIpc) is 2.67. The predicted octanol–water partition coefficient (Wildman–Crippen LogP) is 3.66. The van der Waals surface area contributed by atoms with Gasteiger partial charge in [-0.15, -0.1) is 0 Å². The number of carbonyl (C=O) groups is 1. The summed E-state index contributed by atoms with van der Waals surface area (Å²) in [6.07, 6.45) is 1.18. The smallest absolute Gasteiger partial charge is 0.201 e. The van der Waals surface area contributed by atoms with Crippen molar-refractivity contribution in [1.82, 2.24) is 0 Å². The van der Waals surface area contributed by atoms with Gasteiger partial charge in [0.1, 0.15) is 5.75 Å². The fourth-order valence-electron chi connectivity index (χ4n) is 2.53. The lowest BCUT2D eigenvalue weighted by atomic mass is 9.99. The highest BCUT2D eigenvalue weighted by Crippen LogP contribution is 2.35. The lowest BCUT2D eigenvalue weighted by molar-refractivity contribution is 0.0974. The van der Waals surface area contributed by atoms with Crippen LogP contribution in [0.5, 0.6) is 5.75 Å². The van der Waals surface area contributed by atoms with Crippen LogP contribution in [0.2, 0.25) is 5.02 Å². The van der Waals surface area contributed by atoms with Crippen LogP contribution in [0, 0.1) is 0 Å². The summed E-state index contributed by atoms with van der Waals surface area (Å²) >= 11 is 5.96. The van der Waals surface area contributed by atoms with Crippen LogP contribution < -0.4 is 15.4 Å². The first-order valence-electron chi connectivity index (χ1n) is 6.55. The molecule has 0 aromatic heterocycles. The monoisotopic (exact) mass is 298 g/mol. The van der Waals surface area contributed by atoms with Gasteiger partial charge < -0.3 is 15.4 Å². The number of rotatable bonds is 0. The lowest BCUT2D eigenvalue weighted by Gasteiger charge is -2.27. The minimum atomic E-state index is -0.512. The first-order chi connectivity index (χ1) is 10.2. The first-order valence-corrected chi connectivity index (χ1v) is 6.93. The molecule has 0 aliphatic carbocycles. The Labute approximate surface area is 126 Å². The molecule has 4 rings (SSSR count). The summed E-state index contributed by atoms with van der Waals surface area (Å²) < 4.78 is 5.90. The molecule has 0 unspecified atom stereocenters. The van der Waals surface area contributed by atoms with E-state index in [0.29, 0.717) is 21.9 Å². The van der Waals surface area contributed by atoms with E-state index in [4.69, 9.17) is 16.3 Å². The Morgan fingerprint density at radius 2 is 1.90 bits per heavy atom. The maximum atomic E-state index is 12.6. The summed E-state index contributed by atoms with van der Waals surface area (Å²) in [5, 5.41) is 6.90. The zero-order chi connectivity index (χ0) is 14.4. The number of para-hydroxylation sites is 2. The fourth-order valence-corrected chi connectivity index (χ4v) is 2.70. The highest BCUT2D eigenvalue weighted by molar-refractivity contribution is 6.31. The van der Waals surface area contributed by atoms with E-state index in [0.717, 1.165) is 11.4 Å². The van der Waals surface area contributed by atoms with E-state index in [-0.39, 0.29) is 5.78 Å². The Hall–Kier alpha value is -2.46. The molecule has 2 aliphatic heterocycles. The molecule has 2 aromatic rings. The standard InChI is InChI=1S/C16H11ClN2O2/c17-9-5-6-14-10(7-9)15(20)11-8-18-12-3-1-2-4-13(12)19-16(11)21-14/h1-8,16,18-19H/t16-/m1/s1. The van der Waals surface area contributed by atoms with E-state index < -0.39 is 6.23 Å². The predicted molar refractivity (Wildman–Crippen MR) is 82.0 cm³/mol. The minimum Gasteiger partial charge on any atom is -0.466 e. The number of hydrogen-bond acceptors (Lipinski definition) is 4. The average molecular weight is 299 g/mol. The number of anilines is 2. The Balaban J connectivity index is 1.81. The van der Waals surface area contributed by atoms with Gasteiger partial charge in [-0.25, -0.2) is 0 Å². The molecule has 0 fully saturated rings. The summed E-state index contributed by atoms with van der Waals surface area (Å²) in [6.45, 7) is 0. The molecule has 5 heteroatoms. The second-order valence-corrected chi connectivity index (χ2v) is 5.34. The number of ether oxygens (including phenoxy) is 1. The van der Waals surface area contributed by atoms with Crippen molar-refractivity contribution in [3.8, 4) is 5.75 Å². The van der Waals surface area contributed by atoms with Crippen molar-refractivity contribution in [3.05, 3.63) is 64.8 Å². The number of fused-ring (bicyclic) bond motifs is 3. The van der Waals surface area contributed by atoms with Crippen LogP contribution in [0.15, 0.2) is 54.2 Å². The van der Waals surface area contributed by atoms with Crippen LogP contribution in [-0.4, -0.2) is 12.0 Å². The van der Waals surface area contributed by atoms with E-state index in [1.165, 1.54) is 0 Å². The van der Waals surface area contributed by atoms with Crippen LogP contribution >= 0.6 is 11.6 Å². The summed E-state index contributed by atoms with van der Waals surface area (Å²) in [5.74, 6) is 0.454. The van der Waals surface area contributed by atoms with E-state index in [1.54, 1.807) is 24.4 Å². The van der Waals surface area contributed by atoms with Crippen LogP contribution in [0.1, 0.15) is 10.4 Å². The normalized spacial score (nSPS) is 18.8. The van der Waals surface area contributed by atoms with Gasteiger partial charge in [-0.3, -0.25) is 4.79 Å². The minimum absolute atomic E-state index is 0.0865. The van der Waals surface area contributed by atoms with Crippen molar-refractivity contribution >= 4 is 28.8 Å². The third kappa shape index (κ3) is 1.96. The van der Waals surface area contributed by atoms with E-state index >= 15 is 0 Å². The van der Waals surface area contributed by atoms with Gasteiger partial charge in [0, 0.05) is 11.2 Å². The highest BCUT2D eigenvalue weighted by atomic mass is 35.5. The molecule has 0 bridgehead atoms. The maximum absolute atomic E-state index is 12.6. The summed E-state index contributed by atoms with van der Waals surface area (Å²) in [5.41, 5.74) is 2.80. The highest BCUT2D eigenvalue weighted by Gasteiger charge is 2.33. The molecular weight excluding hydrogens is 288 g/mol. The summed E-state index contributed by atoms with van der Waals surface area (Å²) in [6, 6.07) is 12.8. The zero-order valence-electron chi connectivity index (χ0n) is 10.9.